The molecule has 0 spiro atoms. The van der Waals surface area contributed by atoms with Crippen molar-refractivity contribution < 1.29 is 0 Å². The van der Waals surface area contributed by atoms with E-state index in [0.29, 0.717) is 0 Å². The van der Waals surface area contributed by atoms with Gasteiger partial charge in [-0.1, -0.05) is 12.8 Å². The van der Waals surface area contributed by atoms with E-state index in [1.807, 2.05) is 0 Å². The van der Waals surface area contributed by atoms with Crippen molar-refractivity contribution >= 4 is 21.9 Å². The molecule has 2 saturated heterocycles. The van der Waals surface area contributed by atoms with Crippen molar-refractivity contribution in [1.82, 2.24) is 14.0 Å². The van der Waals surface area contributed by atoms with Gasteiger partial charge in [-0.25, -0.2) is 0 Å². The summed E-state index contributed by atoms with van der Waals surface area (Å²) in [5, 5.41) is 0. The van der Waals surface area contributed by atoms with Gasteiger partial charge in [0.15, 0.2) is 0 Å². The van der Waals surface area contributed by atoms with E-state index in [1.54, 1.807) is 0 Å². The molecular weight excluding hydrogens is 321 g/mol. The summed E-state index contributed by atoms with van der Waals surface area (Å²) in [5.74, 6) is 0. The van der Waals surface area contributed by atoms with Crippen molar-refractivity contribution in [2.24, 2.45) is 0 Å². The second-order valence-corrected chi connectivity index (χ2v) is 11.2. The van der Waals surface area contributed by atoms with Crippen LogP contribution >= 0.6 is 21.9 Å². The van der Waals surface area contributed by atoms with Gasteiger partial charge >= 0.3 is 0 Å². The maximum absolute atomic E-state index is 4.28. The molecule has 2 heterocycles. The third kappa shape index (κ3) is 3.52. The predicted molar refractivity (Wildman–Crippen MR) is 89.6 cm³/mol. The summed E-state index contributed by atoms with van der Waals surface area (Å²) in [7, 11) is 0. The number of hydrogen-bond donors (Lipinski definition) is 0. The lowest BCUT2D eigenvalue weighted by atomic mass is 10.2. The normalized spacial score (nSPS) is 24.0. The first-order valence-corrected chi connectivity index (χ1v) is 11.7. The molecule has 0 radical (unpaired) electrons. The van der Waals surface area contributed by atoms with Crippen LogP contribution in [-0.2, 0) is 0 Å². The fourth-order valence-electron chi connectivity index (χ4n) is 3.38. The summed E-state index contributed by atoms with van der Waals surface area (Å²) in [4.78, 5) is 0. The Bertz CT molecular complexity index is 243. The molecule has 112 valence electrons. The van der Waals surface area contributed by atoms with E-state index in [-0.39, 0.29) is 0 Å². The number of rotatable bonds is 5. The minimum Gasteiger partial charge on any atom is -0.140 e. The average molecular weight is 351 g/mol. The molecule has 0 bridgehead atoms. The van der Waals surface area contributed by atoms with E-state index < -0.39 is 6.42 Å². The largest absolute Gasteiger partial charge is 0.299 e. The minimum atomic E-state index is -1.42. The van der Waals surface area contributed by atoms with Crippen LogP contribution in [0.25, 0.3) is 0 Å². The Hall–Kier alpha value is 0.790. The number of nitrogens with zero attached hydrogens (tertiary/aromatic N) is 3. The van der Waals surface area contributed by atoms with Gasteiger partial charge < -0.3 is 0 Å². The van der Waals surface area contributed by atoms with Gasteiger partial charge in [0.05, 0.1) is 0 Å². The zero-order valence-electron chi connectivity index (χ0n) is 12.7. The van der Waals surface area contributed by atoms with Gasteiger partial charge in [-0.15, -0.1) is 14.0 Å². The second kappa shape index (κ2) is 7.70. The molecule has 19 heavy (non-hydrogen) atoms. The van der Waals surface area contributed by atoms with Gasteiger partial charge in [0, 0.05) is 39.3 Å². The number of piperidine rings is 2. The predicted octanol–water partition coefficient (Wildman–Crippen LogP) is 4.37. The quantitative estimate of drug-likeness (QED) is 0.681. The highest BCUT2D eigenvalue weighted by Crippen LogP contribution is 2.74. The Morgan fingerprint density at radius 1 is 0.789 bits per heavy atom. The van der Waals surface area contributed by atoms with Crippen LogP contribution in [0, 0.1) is 0 Å². The first kappa shape index (κ1) is 16.2. The zero-order valence-corrected chi connectivity index (χ0v) is 15.1. The zero-order chi connectivity index (χ0) is 13.7. The van der Waals surface area contributed by atoms with Crippen LogP contribution in [0.3, 0.4) is 0 Å². The molecule has 0 aliphatic carbocycles. The molecule has 2 aliphatic rings. The average Bonchev–Trinajstić information content (AvgIpc) is 2.50. The summed E-state index contributed by atoms with van der Waals surface area (Å²) in [6, 6.07) is 0. The smallest absolute Gasteiger partial charge is 0.140 e. The molecule has 0 aromatic carbocycles. The lowest BCUT2D eigenvalue weighted by molar-refractivity contribution is 0.272. The molecule has 2 fully saturated rings. The fraction of sp³-hybridized carbons (Fsp3) is 1.00. The number of hydrogen-bond acceptors (Lipinski definition) is 3. The molecule has 0 amide bonds. The van der Waals surface area contributed by atoms with Gasteiger partial charge in [-0.2, -0.15) is 0 Å². The lowest BCUT2D eigenvalue weighted by Gasteiger charge is -2.45. The van der Waals surface area contributed by atoms with E-state index in [9.17, 15) is 0 Å². The third-order valence-corrected chi connectivity index (χ3v) is 12.0. The highest BCUT2D eigenvalue weighted by molar-refractivity contribution is 9.41. The second-order valence-electron chi connectivity index (χ2n) is 5.66. The summed E-state index contributed by atoms with van der Waals surface area (Å²) in [6.07, 6.45) is 6.93. The standard InChI is InChI=1S/C14H30BrN3P/c1-3-16(4-2)19(15,17-11-7-5-8-12-17)18-13-9-6-10-14-18/h3-14H2,1-2H3/q+1. The Morgan fingerprint density at radius 3 is 1.47 bits per heavy atom. The Kier molecular flexibility index (Phi) is 6.55. The van der Waals surface area contributed by atoms with Crippen LogP contribution in [0.2, 0.25) is 0 Å². The van der Waals surface area contributed by atoms with Crippen molar-refractivity contribution in [1.29, 1.82) is 0 Å². The maximum Gasteiger partial charge on any atom is 0.299 e. The van der Waals surface area contributed by atoms with Crippen LogP contribution in [0.5, 0.6) is 0 Å². The molecule has 0 N–H and O–H groups in total. The fourth-order valence-corrected chi connectivity index (χ4v) is 10.0. The molecule has 0 aromatic rings. The molecule has 5 heteroatoms. The maximum atomic E-state index is 4.28. The van der Waals surface area contributed by atoms with Gasteiger partial charge in [0.25, 0.3) is 6.42 Å². The molecule has 3 nitrogen and oxygen atoms in total. The van der Waals surface area contributed by atoms with E-state index in [0.717, 1.165) is 13.1 Å². The van der Waals surface area contributed by atoms with Crippen molar-refractivity contribution in [2.45, 2.75) is 52.4 Å². The van der Waals surface area contributed by atoms with E-state index >= 15 is 0 Å². The van der Waals surface area contributed by atoms with Crippen molar-refractivity contribution in [3.8, 4) is 0 Å². The number of halogens is 1. The van der Waals surface area contributed by atoms with Crippen LogP contribution < -0.4 is 0 Å². The monoisotopic (exact) mass is 350 g/mol. The van der Waals surface area contributed by atoms with Gasteiger partial charge in [-0.05, 0) is 39.5 Å². The minimum absolute atomic E-state index is 1.16. The Morgan fingerprint density at radius 2 is 1.16 bits per heavy atom. The molecule has 0 saturated carbocycles. The summed E-state index contributed by atoms with van der Waals surface area (Å²) in [5.41, 5.74) is 0. The molecular formula is C14H30BrN3P+. The molecule has 2 aliphatic heterocycles. The van der Waals surface area contributed by atoms with Crippen molar-refractivity contribution in [3.05, 3.63) is 0 Å². The van der Waals surface area contributed by atoms with Crippen LogP contribution in [0.15, 0.2) is 0 Å². The van der Waals surface area contributed by atoms with Crippen molar-refractivity contribution in [3.63, 3.8) is 0 Å². The van der Waals surface area contributed by atoms with Gasteiger partial charge in [-0.3, -0.25) is 0 Å². The van der Waals surface area contributed by atoms with E-state index in [1.165, 1.54) is 64.7 Å². The molecule has 0 atom stereocenters. The summed E-state index contributed by atoms with van der Waals surface area (Å²) >= 11 is 4.28. The topological polar surface area (TPSA) is 9.72 Å². The Balaban J connectivity index is 2.18. The first-order chi connectivity index (χ1) is 9.23. The molecule has 2 rings (SSSR count). The highest BCUT2D eigenvalue weighted by Gasteiger charge is 2.54. The van der Waals surface area contributed by atoms with Gasteiger partial charge in [0.1, 0.15) is 0 Å². The van der Waals surface area contributed by atoms with Crippen molar-refractivity contribution in [2.75, 3.05) is 39.3 Å². The first-order valence-electron chi connectivity index (χ1n) is 8.08. The highest BCUT2D eigenvalue weighted by atomic mass is 79.9. The molecule has 0 unspecified atom stereocenters. The summed E-state index contributed by atoms with van der Waals surface area (Å²) < 4.78 is 8.27. The lowest BCUT2D eigenvalue weighted by Crippen LogP contribution is -2.45. The van der Waals surface area contributed by atoms with Crippen LogP contribution in [0.1, 0.15) is 52.4 Å². The van der Waals surface area contributed by atoms with Crippen LogP contribution in [0.4, 0.5) is 0 Å². The van der Waals surface area contributed by atoms with E-state index in [2.05, 4.69) is 43.3 Å². The summed E-state index contributed by atoms with van der Waals surface area (Å²) in [6.45, 7) is 12.1. The van der Waals surface area contributed by atoms with E-state index in [4.69, 9.17) is 0 Å². The SMILES string of the molecule is CCN(CC)[P+](Br)(N1CCCCC1)N1CCCCC1. The third-order valence-electron chi connectivity index (χ3n) is 4.47. The van der Waals surface area contributed by atoms with Crippen LogP contribution in [-0.4, -0.2) is 53.3 Å². The van der Waals surface area contributed by atoms with Gasteiger partial charge in [0.2, 0.25) is 15.5 Å². The molecule has 0 aromatic heterocycles. The Labute approximate surface area is 127 Å².